The molecule has 0 aromatic heterocycles. The zero-order valence-corrected chi connectivity index (χ0v) is 16.9. The molecule has 4 rings (SSSR count). The lowest BCUT2D eigenvalue weighted by molar-refractivity contribution is -0.132. The molecule has 3 aliphatic rings. The Hall–Kier alpha value is -1.83. The van der Waals surface area contributed by atoms with E-state index in [0.29, 0.717) is 24.8 Å². The minimum Gasteiger partial charge on any atom is -0.478 e. The van der Waals surface area contributed by atoms with E-state index in [1.807, 2.05) is 26.0 Å². The summed E-state index contributed by atoms with van der Waals surface area (Å²) < 4.78 is 19.5. The van der Waals surface area contributed by atoms with Gasteiger partial charge < -0.3 is 14.7 Å². The molecule has 3 unspecified atom stereocenters. The van der Waals surface area contributed by atoms with Crippen LogP contribution >= 0.6 is 11.8 Å². The van der Waals surface area contributed by atoms with Crippen LogP contribution in [0.3, 0.4) is 0 Å². The molecule has 2 fully saturated rings. The van der Waals surface area contributed by atoms with Crippen molar-refractivity contribution in [3.05, 3.63) is 57.9 Å². The van der Waals surface area contributed by atoms with Gasteiger partial charge in [-0.05, 0) is 48.4 Å². The highest BCUT2D eigenvalue weighted by Gasteiger charge is 2.45. The fourth-order valence-corrected chi connectivity index (χ4v) is 5.41. The molecule has 3 atom stereocenters. The molecule has 5 nitrogen and oxygen atoms in total. The van der Waals surface area contributed by atoms with E-state index in [9.17, 15) is 14.3 Å². The second-order valence-corrected chi connectivity index (χ2v) is 8.73. The lowest BCUT2D eigenvalue weighted by Crippen LogP contribution is -2.52. The molecule has 2 saturated heterocycles. The van der Waals surface area contributed by atoms with Crippen LogP contribution < -0.4 is 0 Å². The monoisotopic (exact) mass is 404 g/mol. The van der Waals surface area contributed by atoms with Gasteiger partial charge in [-0.15, -0.1) is 11.8 Å². The number of halogens is 1. The van der Waals surface area contributed by atoms with E-state index in [2.05, 4.69) is 9.80 Å². The molecule has 3 aliphatic heterocycles. The standard InChI is InChI=1S/C21H25FN2O3S/c1-3-28-20-19(21(25)26)13(2)7-18(23-11-17-9-16(23)12-27-17)24(20)10-14-5-4-6-15(22)8-14/h4-8,16-18H,3,9-12H2,1-2H3,(H,25,26). The number of nitrogens with zero attached hydrogens (tertiary/aromatic N) is 2. The maximum absolute atomic E-state index is 13.8. The van der Waals surface area contributed by atoms with Crippen molar-refractivity contribution >= 4 is 17.7 Å². The van der Waals surface area contributed by atoms with Crippen molar-refractivity contribution < 1.29 is 19.0 Å². The van der Waals surface area contributed by atoms with Crippen molar-refractivity contribution in [3.8, 4) is 0 Å². The molecule has 28 heavy (non-hydrogen) atoms. The number of benzene rings is 1. The third kappa shape index (κ3) is 3.58. The van der Waals surface area contributed by atoms with Gasteiger partial charge in [0.2, 0.25) is 0 Å². The van der Waals surface area contributed by atoms with Crippen molar-refractivity contribution in [2.24, 2.45) is 0 Å². The Morgan fingerprint density at radius 3 is 2.86 bits per heavy atom. The van der Waals surface area contributed by atoms with Crippen LogP contribution in [0.5, 0.6) is 0 Å². The summed E-state index contributed by atoms with van der Waals surface area (Å²) in [6.45, 7) is 5.90. The molecule has 2 bridgehead atoms. The predicted octanol–water partition coefficient (Wildman–Crippen LogP) is 3.44. The number of fused-ring (bicyclic) bond motifs is 2. The van der Waals surface area contributed by atoms with Crippen LogP contribution in [0.15, 0.2) is 46.5 Å². The first-order valence-corrected chi connectivity index (χ1v) is 10.6. The SMILES string of the molecule is CCSC1=C(C(=O)O)C(C)=CC(N2CC3CC2CO3)N1Cc1cccc(F)c1. The minimum absolute atomic E-state index is 0.0562. The molecular weight excluding hydrogens is 379 g/mol. The summed E-state index contributed by atoms with van der Waals surface area (Å²) in [6, 6.07) is 6.88. The smallest absolute Gasteiger partial charge is 0.338 e. The summed E-state index contributed by atoms with van der Waals surface area (Å²) in [5.74, 6) is -0.432. The van der Waals surface area contributed by atoms with Crippen LogP contribution in [0.1, 0.15) is 25.8 Å². The average molecular weight is 405 g/mol. The lowest BCUT2D eigenvalue weighted by Gasteiger charge is -2.45. The topological polar surface area (TPSA) is 53.0 Å². The summed E-state index contributed by atoms with van der Waals surface area (Å²) in [4.78, 5) is 16.6. The third-order valence-corrected chi connectivity index (χ3v) is 6.61. The lowest BCUT2D eigenvalue weighted by atomic mass is 10.0. The van der Waals surface area contributed by atoms with Gasteiger partial charge in [-0.3, -0.25) is 4.90 Å². The van der Waals surface area contributed by atoms with Gasteiger partial charge in [0.25, 0.3) is 0 Å². The molecule has 7 heteroatoms. The van der Waals surface area contributed by atoms with Crippen molar-refractivity contribution in [3.63, 3.8) is 0 Å². The fourth-order valence-electron chi connectivity index (χ4n) is 4.41. The second-order valence-electron chi connectivity index (χ2n) is 7.48. The third-order valence-electron chi connectivity index (χ3n) is 5.61. The van der Waals surface area contributed by atoms with Crippen molar-refractivity contribution in [2.45, 2.75) is 45.1 Å². The van der Waals surface area contributed by atoms with Gasteiger partial charge in [-0.1, -0.05) is 19.1 Å². The van der Waals surface area contributed by atoms with Crippen LogP contribution in [0, 0.1) is 5.82 Å². The van der Waals surface area contributed by atoms with Gasteiger partial charge in [-0.25, -0.2) is 9.18 Å². The van der Waals surface area contributed by atoms with Gasteiger partial charge in [0.15, 0.2) is 0 Å². The first-order chi connectivity index (χ1) is 13.5. The molecule has 3 heterocycles. The van der Waals surface area contributed by atoms with Gasteiger partial charge in [0.05, 0.1) is 23.3 Å². The van der Waals surface area contributed by atoms with Gasteiger partial charge in [0, 0.05) is 19.1 Å². The minimum atomic E-state index is -0.918. The molecule has 1 aromatic carbocycles. The summed E-state index contributed by atoms with van der Waals surface area (Å²) >= 11 is 1.54. The molecule has 0 amide bonds. The van der Waals surface area contributed by atoms with Gasteiger partial charge in [0.1, 0.15) is 12.0 Å². The van der Waals surface area contributed by atoms with Crippen molar-refractivity contribution in [2.75, 3.05) is 18.9 Å². The molecule has 0 spiro atoms. The largest absolute Gasteiger partial charge is 0.478 e. The van der Waals surface area contributed by atoms with E-state index in [1.54, 1.807) is 6.07 Å². The first-order valence-electron chi connectivity index (χ1n) is 9.65. The van der Waals surface area contributed by atoms with E-state index in [-0.39, 0.29) is 18.1 Å². The summed E-state index contributed by atoms with van der Waals surface area (Å²) in [5.41, 5.74) is 1.96. The number of likely N-dealkylation sites (tertiary alicyclic amines) is 1. The Bertz CT molecular complexity index is 841. The summed E-state index contributed by atoms with van der Waals surface area (Å²) in [6.07, 6.45) is 3.26. The Labute approximate surface area is 168 Å². The Morgan fingerprint density at radius 2 is 2.25 bits per heavy atom. The van der Waals surface area contributed by atoms with E-state index in [0.717, 1.165) is 34.9 Å². The molecule has 0 saturated carbocycles. The zero-order chi connectivity index (χ0) is 19.8. The van der Waals surface area contributed by atoms with Crippen LogP contribution in [0.25, 0.3) is 0 Å². The Balaban J connectivity index is 1.74. The normalized spacial score (nSPS) is 27.5. The van der Waals surface area contributed by atoms with Gasteiger partial charge in [-0.2, -0.15) is 0 Å². The highest BCUT2D eigenvalue weighted by molar-refractivity contribution is 8.03. The van der Waals surface area contributed by atoms with Gasteiger partial charge >= 0.3 is 5.97 Å². The average Bonchev–Trinajstić information content (AvgIpc) is 3.27. The molecule has 0 aliphatic carbocycles. The van der Waals surface area contributed by atoms with Crippen molar-refractivity contribution in [1.82, 2.24) is 9.80 Å². The number of rotatable bonds is 6. The first kappa shape index (κ1) is 19.5. The Kier molecular flexibility index (Phi) is 5.49. The van der Waals surface area contributed by atoms with E-state index < -0.39 is 5.97 Å². The number of hydrogen-bond acceptors (Lipinski definition) is 5. The molecule has 0 radical (unpaired) electrons. The highest BCUT2D eigenvalue weighted by atomic mass is 32.2. The van der Waals surface area contributed by atoms with Crippen molar-refractivity contribution in [1.29, 1.82) is 0 Å². The summed E-state index contributed by atoms with van der Waals surface area (Å²) in [5, 5.41) is 10.6. The number of aliphatic carboxylic acids is 1. The van der Waals surface area contributed by atoms with Crippen LogP contribution in [0.4, 0.5) is 4.39 Å². The zero-order valence-electron chi connectivity index (χ0n) is 16.1. The highest BCUT2D eigenvalue weighted by Crippen LogP contribution is 2.40. The molecule has 150 valence electrons. The molecule has 1 aromatic rings. The number of carbonyl (C=O) groups is 1. The Morgan fingerprint density at radius 1 is 1.43 bits per heavy atom. The molecular formula is C21H25FN2O3S. The van der Waals surface area contributed by atoms with E-state index in [1.165, 1.54) is 23.9 Å². The van der Waals surface area contributed by atoms with E-state index in [4.69, 9.17) is 4.74 Å². The fraction of sp³-hybridized carbons (Fsp3) is 0.476. The second kappa shape index (κ2) is 7.89. The molecule has 1 N–H and O–H groups in total. The number of ether oxygens (including phenoxy) is 1. The van der Waals surface area contributed by atoms with E-state index >= 15 is 0 Å². The summed E-state index contributed by atoms with van der Waals surface area (Å²) in [7, 11) is 0. The maximum atomic E-state index is 13.8. The predicted molar refractivity (Wildman–Crippen MR) is 107 cm³/mol. The number of carboxylic acids is 1. The number of carboxylic acid groups (broad SMARTS) is 1. The number of hydrogen-bond donors (Lipinski definition) is 1. The van der Waals surface area contributed by atoms with Crippen LogP contribution in [-0.2, 0) is 16.1 Å². The quantitative estimate of drug-likeness (QED) is 0.784. The number of morpholine rings is 1. The van der Waals surface area contributed by atoms with Crippen LogP contribution in [0.2, 0.25) is 0 Å². The number of thioether (sulfide) groups is 1. The maximum Gasteiger partial charge on any atom is 0.338 e. The van der Waals surface area contributed by atoms with Crippen LogP contribution in [-0.4, -0.2) is 58.1 Å².